The minimum Gasteiger partial charge on any atom is -0.495 e. The van der Waals surface area contributed by atoms with Gasteiger partial charge in [-0.25, -0.2) is 8.42 Å². The van der Waals surface area contributed by atoms with Crippen molar-refractivity contribution in [3.8, 4) is 5.75 Å². The van der Waals surface area contributed by atoms with E-state index in [0.29, 0.717) is 0 Å². The molecule has 0 bridgehead atoms. The number of ether oxygens (including phenoxy) is 1. The fourth-order valence-electron chi connectivity index (χ4n) is 3.63. The van der Waals surface area contributed by atoms with Crippen LogP contribution in [0.3, 0.4) is 0 Å². The summed E-state index contributed by atoms with van der Waals surface area (Å²) < 4.78 is 33.4. The number of carbonyl (C=O) groups excluding carboxylic acids is 1. The van der Waals surface area contributed by atoms with Crippen LogP contribution in [0.4, 0.5) is 11.4 Å². The lowest BCUT2D eigenvalue weighted by molar-refractivity contribution is -0.384. The van der Waals surface area contributed by atoms with Crippen molar-refractivity contribution < 1.29 is 22.9 Å². The Morgan fingerprint density at radius 3 is 2.44 bits per heavy atom. The first kappa shape index (κ1) is 23.8. The highest BCUT2D eigenvalue weighted by Crippen LogP contribution is 2.32. The van der Waals surface area contributed by atoms with Crippen LogP contribution in [-0.2, 0) is 10.0 Å². The van der Waals surface area contributed by atoms with Crippen molar-refractivity contribution in [2.75, 3.05) is 11.8 Å². The van der Waals surface area contributed by atoms with Crippen molar-refractivity contribution in [2.45, 2.75) is 49.5 Å². The van der Waals surface area contributed by atoms with E-state index in [0.717, 1.165) is 44.6 Å². The highest BCUT2D eigenvalue weighted by molar-refractivity contribution is 7.92. The lowest BCUT2D eigenvalue weighted by Gasteiger charge is -2.17. The second kappa shape index (κ2) is 10.2. The third kappa shape index (κ3) is 5.68. The zero-order chi connectivity index (χ0) is 23.3. The maximum atomic E-state index is 13.0. The second-order valence-electron chi connectivity index (χ2n) is 7.55. The summed E-state index contributed by atoms with van der Waals surface area (Å²) in [6, 6.07) is 7.57. The topological polar surface area (TPSA) is 128 Å². The first-order chi connectivity index (χ1) is 15.2. The van der Waals surface area contributed by atoms with E-state index in [1.54, 1.807) is 0 Å². The van der Waals surface area contributed by atoms with Crippen LogP contribution in [0, 0.1) is 10.1 Å². The molecule has 1 amide bonds. The predicted octanol–water partition coefficient (Wildman–Crippen LogP) is 4.51. The van der Waals surface area contributed by atoms with Gasteiger partial charge in [0, 0.05) is 23.7 Å². The average Bonchev–Trinajstić information content (AvgIpc) is 3.02. The molecule has 1 aliphatic carbocycles. The van der Waals surface area contributed by atoms with E-state index in [2.05, 4.69) is 10.0 Å². The Labute approximate surface area is 191 Å². The molecule has 0 spiro atoms. The summed E-state index contributed by atoms with van der Waals surface area (Å²) in [6.07, 6.45) is 6.14. The lowest BCUT2D eigenvalue weighted by Crippen LogP contribution is -2.34. The molecule has 0 aliphatic heterocycles. The van der Waals surface area contributed by atoms with Gasteiger partial charge in [-0.3, -0.25) is 19.6 Å². The summed E-state index contributed by atoms with van der Waals surface area (Å²) in [4.78, 5) is 22.8. The molecule has 172 valence electrons. The molecule has 3 rings (SSSR count). The van der Waals surface area contributed by atoms with Crippen molar-refractivity contribution in [2.24, 2.45) is 0 Å². The van der Waals surface area contributed by atoms with E-state index in [1.807, 2.05) is 0 Å². The van der Waals surface area contributed by atoms with Gasteiger partial charge in [0.2, 0.25) is 0 Å². The van der Waals surface area contributed by atoms with Crippen LogP contribution in [0.25, 0.3) is 0 Å². The van der Waals surface area contributed by atoms with Gasteiger partial charge in [0.15, 0.2) is 0 Å². The Bertz CT molecular complexity index is 1110. The number of benzene rings is 2. The van der Waals surface area contributed by atoms with Gasteiger partial charge in [0.25, 0.3) is 21.6 Å². The predicted molar refractivity (Wildman–Crippen MR) is 121 cm³/mol. The molecular formula is C21H24ClN3O6S. The smallest absolute Gasteiger partial charge is 0.271 e. The molecule has 0 unspecified atom stereocenters. The fourth-order valence-corrected chi connectivity index (χ4v) is 5.22. The van der Waals surface area contributed by atoms with Gasteiger partial charge in [0.1, 0.15) is 10.6 Å². The minimum absolute atomic E-state index is 0.0491. The maximum Gasteiger partial charge on any atom is 0.271 e. The van der Waals surface area contributed by atoms with Crippen LogP contribution in [0.15, 0.2) is 41.3 Å². The highest BCUT2D eigenvalue weighted by Gasteiger charge is 2.24. The van der Waals surface area contributed by atoms with Gasteiger partial charge in [0.05, 0.1) is 22.7 Å². The van der Waals surface area contributed by atoms with Gasteiger partial charge in [-0.05, 0) is 37.1 Å². The first-order valence-electron chi connectivity index (χ1n) is 10.2. The molecule has 9 nitrogen and oxygen atoms in total. The van der Waals surface area contributed by atoms with Crippen LogP contribution in [0.2, 0.25) is 5.02 Å². The molecule has 2 N–H and O–H groups in total. The molecule has 2 aromatic carbocycles. The summed E-state index contributed by atoms with van der Waals surface area (Å²) in [6.45, 7) is 0. The Morgan fingerprint density at radius 2 is 1.81 bits per heavy atom. The molecule has 0 saturated heterocycles. The molecule has 32 heavy (non-hydrogen) atoms. The van der Waals surface area contributed by atoms with Crippen LogP contribution in [-0.4, -0.2) is 32.4 Å². The van der Waals surface area contributed by atoms with Crippen molar-refractivity contribution in [3.05, 3.63) is 57.1 Å². The van der Waals surface area contributed by atoms with Gasteiger partial charge in [-0.1, -0.05) is 37.3 Å². The number of carbonyl (C=O) groups is 1. The van der Waals surface area contributed by atoms with Crippen LogP contribution < -0.4 is 14.8 Å². The summed E-state index contributed by atoms with van der Waals surface area (Å²) >= 11 is 6.13. The number of methoxy groups -OCH3 is 1. The number of halogens is 1. The molecule has 0 heterocycles. The number of nitro benzene ring substituents is 1. The molecule has 0 atom stereocenters. The van der Waals surface area contributed by atoms with Crippen LogP contribution >= 0.6 is 11.6 Å². The van der Waals surface area contributed by atoms with Gasteiger partial charge >= 0.3 is 0 Å². The molecule has 0 radical (unpaired) electrons. The first-order valence-corrected chi connectivity index (χ1v) is 12.0. The average molecular weight is 482 g/mol. The number of hydrogen-bond donors (Lipinski definition) is 2. The summed E-state index contributed by atoms with van der Waals surface area (Å²) in [5.41, 5.74) is -0.276. The SMILES string of the molecule is COc1ccc([N+](=O)[O-])cc1NS(=O)(=O)c1cc(C(=O)NC2CCCCCC2)ccc1Cl. The maximum absolute atomic E-state index is 13.0. The Balaban J connectivity index is 1.87. The molecule has 2 aromatic rings. The number of amides is 1. The van der Waals surface area contributed by atoms with Gasteiger partial charge < -0.3 is 10.1 Å². The molecule has 11 heteroatoms. The van der Waals surface area contributed by atoms with Crippen molar-refractivity contribution in [1.29, 1.82) is 0 Å². The van der Waals surface area contributed by atoms with E-state index < -0.39 is 14.9 Å². The lowest BCUT2D eigenvalue weighted by atomic mass is 10.1. The van der Waals surface area contributed by atoms with Crippen molar-refractivity contribution in [1.82, 2.24) is 5.32 Å². The van der Waals surface area contributed by atoms with Crippen molar-refractivity contribution in [3.63, 3.8) is 0 Å². The largest absolute Gasteiger partial charge is 0.495 e. The Morgan fingerprint density at radius 1 is 1.12 bits per heavy atom. The number of non-ortho nitro benzene ring substituents is 1. The quantitative estimate of drug-likeness (QED) is 0.340. The van der Waals surface area contributed by atoms with E-state index in [-0.39, 0.29) is 44.6 Å². The van der Waals surface area contributed by atoms with Crippen LogP contribution in [0.1, 0.15) is 48.9 Å². The standard InChI is InChI=1S/C21H24ClN3O6S/c1-31-19-11-9-16(25(27)28)13-18(19)24-32(29,30)20-12-14(8-10-17(20)22)21(26)23-15-6-4-2-3-5-7-15/h8-13,15,24H,2-7H2,1H3,(H,23,26). The van der Waals surface area contributed by atoms with E-state index in [1.165, 1.54) is 37.4 Å². The highest BCUT2D eigenvalue weighted by atomic mass is 35.5. The molecular weight excluding hydrogens is 458 g/mol. The van der Waals surface area contributed by atoms with Gasteiger partial charge in [-0.15, -0.1) is 0 Å². The number of nitro groups is 1. The normalized spacial score (nSPS) is 14.9. The number of anilines is 1. The molecule has 1 fully saturated rings. The Hall–Kier alpha value is -2.85. The summed E-state index contributed by atoms with van der Waals surface area (Å²) in [5, 5.41) is 13.9. The van der Waals surface area contributed by atoms with Crippen LogP contribution in [0.5, 0.6) is 5.75 Å². The van der Waals surface area contributed by atoms with Crippen molar-refractivity contribution >= 4 is 38.9 Å². The summed E-state index contributed by atoms with van der Waals surface area (Å²) in [7, 11) is -2.97. The number of rotatable bonds is 7. The third-order valence-electron chi connectivity index (χ3n) is 5.31. The van der Waals surface area contributed by atoms with E-state index in [9.17, 15) is 23.3 Å². The van der Waals surface area contributed by atoms with Gasteiger partial charge in [-0.2, -0.15) is 0 Å². The zero-order valence-corrected chi connectivity index (χ0v) is 19.0. The van der Waals surface area contributed by atoms with E-state index >= 15 is 0 Å². The molecule has 0 aromatic heterocycles. The number of hydrogen-bond acceptors (Lipinski definition) is 6. The molecule has 1 aliphatic rings. The zero-order valence-electron chi connectivity index (χ0n) is 17.5. The number of sulfonamides is 1. The minimum atomic E-state index is -4.28. The monoisotopic (exact) mass is 481 g/mol. The summed E-state index contributed by atoms with van der Waals surface area (Å²) in [5.74, 6) is -0.282. The second-order valence-corrected chi connectivity index (χ2v) is 9.61. The molecule has 1 saturated carbocycles. The Kier molecular flexibility index (Phi) is 7.57. The number of nitrogens with one attached hydrogen (secondary N) is 2. The fraction of sp³-hybridized carbons (Fsp3) is 0.381. The third-order valence-corrected chi connectivity index (χ3v) is 7.16. The number of nitrogens with zero attached hydrogens (tertiary/aromatic N) is 1. The van der Waals surface area contributed by atoms with E-state index in [4.69, 9.17) is 16.3 Å².